The molecule has 2 N–H and O–H groups in total. The predicted octanol–water partition coefficient (Wildman–Crippen LogP) is 4.87. The number of carbonyl (C=O) groups excluding carboxylic acids is 3. The maximum atomic E-state index is 14.4. The van der Waals surface area contributed by atoms with Crippen molar-refractivity contribution in [2.45, 2.75) is 113 Å². The minimum absolute atomic E-state index is 0.0513. The summed E-state index contributed by atoms with van der Waals surface area (Å²) < 4.78 is 20.1. The van der Waals surface area contributed by atoms with Gasteiger partial charge in [-0.3, -0.25) is 14.4 Å². The molecule has 2 aliphatic carbocycles. The summed E-state index contributed by atoms with van der Waals surface area (Å²) in [5, 5.41) is 6.17. The molecule has 39 heavy (non-hydrogen) atoms. The van der Waals surface area contributed by atoms with Gasteiger partial charge in [-0.2, -0.15) is 0 Å². The summed E-state index contributed by atoms with van der Waals surface area (Å²) in [5.41, 5.74) is -1.74. The number of halogens is 1. The Labute approximate surface area is 229 Å². The average molecular weight is 538 g/mol. The Bertz CT molecular complexity index is 1140. The first-order chi connectivity index (χ1) is 18.8. The van der Waals surface area contributed by atoms with Gasteiger partial charge >= 0.3 is 0 Å². The van der Waals surface area contributed by atoms with Gasteiger partial charge in [-0.05, 0) is 56.9 Å². The number of ether oxygens (including phenoxy) is 1. The van der Waals surface area contributed by atoms with Crippen LogP contribution >= 0.6 is 0 Å². The molecule has 2 saturated heterocycles. The second kappa shape index (κ2) is 10.3. The van der Waals surface area contributed by atoms with Crippen LogP contribution in [0.1, 0.15) is 84.0 Å². The van der Waals surface area contributed by atoms with Crippen molar-refractivity contribution in [2.75, 3.05) is 5.32 Å². The van der Waals surface area contributed by atoms with E-state index in [1.54, 1.807) is 0 Å². The first-order valence-electron chi connectivity index (χ1n) is 14.9. The highest BCUT2D eigenvalue weighted by Crippen LogP contribution is 2.60. The molecule has 0 aromatic heterocycles. The zero-order chi connectivity index (χ0) is 27.2. The standard InChI is InChI=1S/C31H40FN3O4/c1-30-18-19-31(39-30)25(24(30)27(36)33-22-16-14-20(32)15-17-22)29(38)35(23-12-8-3-2-4-9-13-23)26(31)28(37)34-21-10-6-5-7-11-21/h14-19,21,23-26H,2-13H2,1H3,(H,33,36)(H,34,37)/t24-,25-,26+,30-,31-/m0/s1. The minimum atomic E-state index is -1.18. The summed E-state index contributed by atoms with van der Waals surface area (Å²) in [6.45, 7) is 1.83. The Morgan fingerprint density at radius 1 is 0.897 bits per heavy atom. The molecule has 3 aliphatic heterocycles. The minimum Gasteiger partial charge on any atom is -0.356 e. The van der Waals surface area contributed by atoms with Gasteiger partial charge < -0.3 is 20.3 Å². The lowest BCUT2D eigenvalue weighted by atomic mass is 9.70. The molecule has 6 rings (SSSR count). The predicted molar refractivity (Wildman–Crippen MR) is 145 cm³/mol. The van der Waals surface area contributed by atoms with E-state index in [-0.39, 0.29) is 29.8 Å². The molecule has 7 nitrogen and oxygen atoms in total. The molecule has 1 aromatic rings. The largest absolute Gasteiger partial charge is 0.356 e. The van der Waals surface area contributed by atoms with Crippen LogP contribution in [0.25, 0.3) is 0 Å². The van der Waals surface area contributed by atoms with E-state index in [2.05, 4.69) is 10.6 Å². The molecule has 1 spiro atoms. The Kier molecular flexibility index (Phi) is 7.02. The van der Waals surface area contributed by atoms with Gasteiger partial charge in [0.1, 0.15) is 17.5 Å². The summed E-state index contributed by atoms with van der Waals surface area (Å²) >= 11 is 0. The molecule has 2 bridgehead atoms. The van der Waals surface area contributed by atoms with Crippen LogP contribution < -0.4 is 10.6 Å². The van der Waals surface area contributed by atoms with Crippen molar-refractivity contribution in [2.24, 2.45) is 11.8 Å². The topological polar surface area (TPSA) is 87.7 Å². The molecule has 0 radical (unpaired) electrons. The Hall–Kier alpha value is -2.74. The van der Waals surface area contributed by atoms with Crippen molar-refractivity contribution in [3.63, 3.8) is 0 Å². The lowest BCUT2D eigenvalue weighted by molar-refractivity contribution is -0.147. The Morgan fingerprint density at radius 3 is 2.21 bits per heavy atom. The maximum absolute atomic E-state index is 14.4. The molecule has 3 heterocycles. The molecule has 3 amide bonds. The molecule has 5 aliphatic rings. The van der Waals surface area contributed by atoms with Gasteiger partial charge in [0.15, 0.2) is 0 Å². The van der Waals surface area contributed by atoms with Crippen LogP contribution in [-0.2, 0) is 19.1 Å². The van der Waals surface area contributed by atoms with Crippen LogP contribution in [0.4, 0.5) is 10.1 Å². The molecule has 1 aromatic carbocycles. The van der Waals surface area contributed by atoms with Crippen LogP contribution in [0.3, 0.4) is 0 Å². The van der Waals surface area contributed by atoms with Crippen LogP contribution in [0.15, 0.2) is 36.4 Å². The number of hydrogen-bond donors (Lipinski definition) is 2. The lowest BCUT2D eigenvalue weighted by Gasteiger charge is -2.39. The van der Waals surface area contributed by atoms with Gasteiger partial charge in [0, 0.05) is 17.8 Å². The Morgan fingerprint density at radius 2 is 1.51 bits per heavy atom. The van der Waals surface area contributed by atoms with Gasteiger partial charge in [0.25, 0.3) is 0 Å². The molecule has 210 valence electrons. The van der Waals surface area contributed by atoms with Crippen LogP contribution in [0, 0.1) is 17.7 Å². The monoisotopic (exact) mass is 537 g/mol. The SMILES string of the molecule is C[C@@]12C=C[C@]3(O1)[C@H](C(=O)N(C1CCCCCCC1)[C@@H]3C(=O)NC1CCCCC1)[C@H]2C(=O)Nc1ccc(F)cc1. The molecule has 2 saturated carbocycles. The zero-order valence-electron chi connectivity index (χ0n) is 22.8. The first-order valence-corrected chi connectivity index (χ1v) is 14.9. The molecule has 5 atom stereocenters. The molecule has 8 heteroatoms. The highest BCUT2D eigenvalue weighted by molar-refractivity contribution is 6.03. The fraction of sp³-hybridized carbons (Fsp3) is 0.645. The first kappa shape index (κ1) is 26.5. The van der Waals surface area contributed by atoms with Crippen molar-refractivity contribution >= 4 is 23.4 Å². The summed E-state index contributed by atoms with van der Waals surface area (Å²) in [5.74, 6) is -2.65. The van der Waals surface area contributed by atoms with E-state index in [0.29, 0.717) is 5.69 Å². The normalized spacial score (nSPS) is 35.0. The third-order valence-electron chi connectivity index (χ3n) is 9.80. The highest BCUT2D eigenvalue weighted by Gasteiger charge is 2.76. The fourth-order valence-corrected chi connectivity index (χ4v) is 7.95. The summed E-state index contributed by atoms with van der Waals surface area (Å²) in [4.78, 5) is 44.2. The third kappa shape index (κ3) is 4.58. The number of amides is 3. The van der Waals surface area contributed by atoms with E-state index >= 15 is 0 Å². The van der Waals surface area contributed by atoms with Crippen LogP contribution in [0.5, 0.6) is 0 Å². The fourth-order valence-electron chi connectivity index (χ4n) is 7.95. The molecular formula is C31H40FN3O4. The van der Waals surface area contributed by atoms with Gasteiger partial charge in [0.05, 0.1) is 17.4 Å². The van der Waals surface area contributed by atoms with Crippen molar-refractivity contribution in [1.82, 2.24) is 10.2 Å². The summed E-state index contributed by atoms with van der Waals surface area (Å²) in [6.07, 6.45) is 16.2. The number of hydrogen-bond acceptors (Lipinski definition) is 4. The van der Waals surface area contributed by atoms with Crippen molar-refractivity contribution in [1.29, 1.82) is 0 Å². The second-order valence-electron chi connectivity index (χ2n) is 12.4. The molecular weight excluding hydrogens is 497 g/mol. The van der Waals surface area contributed by atoms with Gasteiger partial charge in [-0.25, -0.2) is 4.39 Å². The Balaban J connectivity index is 1.34. The number of nitrogens with one attached hydrogen (secondary N) is 2. The van der Waals surface area contributed by atoms with Crippen molar-refractivity contribution in [3.05, 3.63) is 42.2 Å². The van der Waals surface area contributed by atoms with Crippen molar-refractivity contribution in [3.8, 4) is 0 Å². The average Bonchev–Trinajstić information content (AvgIpc) is 3.47. The van der Waals surface area contributed by atoms with E-state index in [4.69, 9.17) is 4.74 Å². The lowest BCUT2D eigenvalue weighted by Crippen LogP contribution is -2.58. The number of anilines is 1. The number of fused-ring (bicyclic) bond motifs is 1. The van der Waals surface area contributed by atoms with E-state index in [0.717, 1.165) is 64.2 Å². The highest BCUT2D eigenvalue weighted by atomic mass is 19.1. The van der Waals surface area contributed by atoms with Crippen molar-refractivity contribution < 1.29 is 23.5 Å². The zero-order valence-corrected chi connectivity index (χ0v) is 22.8. The van der Waals surface area contributed by atoms with E-state index in [1.807, 2.05) is 24.0 Å². The smallest absolute Gasteiger partial charge is 0.246 e. The summed E-state index contributed by atoms with van der Waals surface area (Å²) in [7, 11) is 0. The number of carbonyl (C=O) groups is 3. The van der Waals surface area contributed by atoms with Crippen LogP contribution in [0.2, 0.25) is 0 Å². The molecule has 0 unspecified atom stereocenters. The maximum Gasteiger partial charge on any atom is 0.246 e. The number of rotatable bonds is 5. The van der Waals surface area contributed by atoms with Gasteiger partial charge in [-0.1, -0.05) is 63.5 Å². The number of likely N-dealkylation sites (tertiary alicyclic amines) is 1. The number of benzene rings is 1. The quantitative estimate of drug-likeness (QED) is 0.525. The van der Waals surface area contributed by atoms with E-state index in [9.17, 15) is 18.8 Å². The molecule has 4 fully saturated rings. The van der Waals surface area contributed by atoms with Gasteiger partial charge in [0.2, 0.25) is 17.7 Å². The summed E-state index contributed by atoms with van der Waals surface area (Å²) in [6, 6.07) is 4.84. The van der Waals surface area contributed by atoms with Gasteiger partial charge in [-0.15, -0.1) is 0 Å². The van der Waals surface area contributed by atoms with E-state index < -0.39 is 34.9 Å². The second-order valence-corrected chi connectivity index (χ2v) is 12.4. The van der Waals surface area contributed by atoms with E-state index in [1.165, 1.54) is 37.1 Å². The number of nitrogens with zero attached hydrogens (tertiary/aromatic N) is 1. The van der Waals surface area contributed by atoms with Crippen LogP contribution in [-0.4, -0.2) is 51.9 Å². The third-order valence-corrected chi connectivity index (χ3v) is 9.80.